The van der Waals surface area contributed by atoms with Gasteiger partial charge in [-0.1, -0.05) is 206 Å². The molecule has 2 aliphatic rings. The molecule has 12 aromatic carbocycles. The first kappa shape index (κ1) is 40.4. The molecule has 3 nitrogen and oxygen atoms in total. The second kappa shape index (κ2) is 15.8. The number of anilines is 3. The fourth-order valence-electron chi connectivity index (χ4n) is 12.1. The van der Waals surface area contributed by atoms with E-state index in [4.69, 9.17) is 9.15 Å². The van der Waals surface area contributed by atoms with E-state index in [0.717, 1.165) is 117 Å². The van der Waals surface area contributed by atoms with Crippen molar-refractivity contribution in [2.45, 2.75) is 5.41 Å². The maximum Gasteiger partial charge on any atom is 0.140 e. The van der Waals surface area contributed by atoms with Crippen molar-refractivity contribution in [1.29, 1.82) is 0 Å². The normalized spacial score (nSPS) is 12.9. The van der Waals surface area contributed by atoms with Crippen molar-refractivity contribution in [3.05, 3.63) is 283 Å². The van der Waals surface area contributed by atoms with E-state index in [1.54, 1.807) is 0 Å². The molecule has 1 aromatic heterocycles. The van der Waals surface area contributed by atoms with Crippen LogP contribution in [-0.4, -0.2) is 0 Å². The van der Waals surface area contributed by atoms with Crippen LogP contribution in [0, 0.1) is 0 Å². The third-order valence-corrected chi connectivity index (χ3v) is 15.3. The summed E-state index contributed by atoms with van der Waals surface area (Å²) in [5.74, 6) is 1.84. The van der Waals surface area contributed by atoms with E-state index in [1.807, 2.05) is 12.1 Å². The summed E-state index contributed by atoms with van der Waals surface area (Å²) >= 11 is 0. The Hall–Kier alpha value is -9.44. The van der Waals surface area contributed by atoms with E-state index in [0.29, 0.717) is 0 Å². The topological polar surface area (TPSA) is 25.6 Å². The Morgan fingerprint density at radius 2 is 0.806 bits per heavy atom. The van der Waals surface area contributed by atoms with Crippen LogP contribution in [0.2, 0.25) is 0 Å². The number of nitrogens with zero attached hydrogens (tertiary/aromatic N) is 1. The van der Waals surface area contributed by atoms with Crippen LogP contribution >= 0.6 is 0 Å². The van der Waals surface area contributed by atoms with Crippen LogP contribution in [0.4, 0.5) is 17.1 Å². The molecular formula is C69H43NO2. The first-order valence-corrected chi connectivity index (χ1v) is 24.7. The lowest BCUT2D eigenvalue weighted by atomic mass is 9.65. The largest absolute Gasteiger partial charge is 0.456 e. The van der Waals surface area contributed by atoms with Crippen LogP contribution in [-0.2, 0) is 5.41 Å². The summed E-state index contributed by atoms with van der Waals surface area (Å²) < 4.78 is 13.5. The van der Waals surface area contributed by atoms with Gasteiger partial charge in [0, 0.05) is 49.6 Å². The van der Waals surface area contributed by atoms with Gasteiger partial charge in [-0.25, -0.2) is 0 Å². The summed E-state index contributed by atoms with van der Waals surface area (Å²) in [4.78, 5) is 2.39. The van der Waals surface area contributed by atoms with Crippen LogP contribution < -0.4 is 9.64 Å². The fraction of sp³-hybridized carbons (Fsp3) is 0.0145. The minimum atomic E-state index is -0.624. The van der Waals surface area contributed by atoms with Crippen molar-refractivity contribution in [3.8, 4) is 56.0 Å². The number of furan rings is 1. The summed E-state index contributed by atoms with van der Waals surface area (Å²) in [6.45, 7) is 0. The predicted molar refractivity (Wildman–Crippen MR) is 297 cm³/mol. The third-order valence-electron chi connectivity index (χ3n) is 15.3. The van der Waals surface area contributed by atoms with E-state index in [9.17, 15) is 0 Å². The number of para-hydroxylation sites is 2. The highest BCUT2D eigenvalue weighted by molar-refractivity contribution is 6.06. The number of rotatable bonds is 6. The number of fused-ring (bicyclic) bond motifs is 16. The molecule has 336 valence electrons. The zero-order valence-corrected chi connectivity index (χ0v) is 39.1. The van der Waals surface area contributed by atoms with Gasteiger partial charge in [0.1, 0.15) is 22.7 Å². The molecule has 0 atom stereocenters. The first-order valence-electron chi connectivity index (χ1n) is 24.7. The summed E-state index contributed by atoms with van der Waals surface area (Å²) in [5, 5.41) is 6.81. The van der Waals surface area contributed by atoms with Gasteiger partial charge in [0.15, 0.2) is 0 Å². The highest BCUT2D eigenvalue weighted by Crippen LogP contribution is 2.64. The van der Waals surface area contributed by atoms with Gasteiger partial charge in [-0.15, -0.1) is 0 Å². The Morgan fingerprint density at radius 1 is 0.292 bits per heavy atom. The maximum absolute atomic E-state index is 7.23. The number of hydrogen-bond acceptors (Lipinski definition) is 3. The van der Waals surface area contributed by atoms with Gasteiger partial charge in [0.05, 0.1) is 11.1 Å². The van der Waals surface area contributed by atoms with Crippen molar-refractivity contribution in [3.63, 3.8) is 0 Å². The molecule has 0 amide bonds. The standard InChI is InChI=1S/C69H43NO2/c1-2-14-46(15-3-1)53-18-9-12-24-64(53)70(52-36-28-45(29-37-52)50-31-39-59-58-22-10-13-25-65(58)71-66(59)43-50)51-34-26-44(27-35-51)49-30-38-57-56-21-8-11-23-60(56)69(63(57)42-49)61-40-32-47-16-4-6-19-54(47)67(61)72-68-55-20-7-5-17-48(55)33-41-62(68)69/h1-43H. The average molecular weight is 918 g/mol. The van der Waals surface area contributed by atoms with Crippen molar-refractivity contribution in [2.75, 3.05) is 4.90 Å². The number of benzene rings is 12. The zero-order chi connectivity index (χ0) is 47.3. The van der Waals surface area contributed by atoms with Crippen molar-refractivity contribution >= 4 is 60.5 Å². The lowest BCUT2D eigenvalue weighted by Crippen LogP contribution is -2.32. The maximum atomic E-state index is 7.23. The van der Waals surface area contributed by atoms with Crippen LogP contribution in [0.25, 0.3) is 88.0 Å². The van der Waals surface area contributed by atoms with Gasteiger partial charge in [0.25, 0.3) is 0 Å². The van der Waals surface area contributed by atoms with Crippen LogP contribution in [0.5, 0.6) is 11.5 Å². The molecular weight excluding hydrogens is 875 g/mol. The minimum absolute atomic E-state index is 0.624. The Labute approximate surface area is 417 Å². The van der Waals surface area contributed by atoms with Gasteiger partial charge in [-0.3, -0.25) is 0 Å². The molecule has 1 aliphatic heterocycles. The molecule has 0 unspecified atom stereocenters. The Bertz CT molecular complexity index is 4220. The quantitative estimate of drug-likeness (QED) is 0.166. The van der Waals surface area contributed by atoms with Gasteiger partial charge in [0.2, 0.25) is 0 Å². The Kier molecular flexibility index (Phi) is 8.87. The van der Waals surface area contributed by atoms with Crippen LogP contribution in [0.3, 0.4) is 0 Å². The highest BCUT2D eigenvalue weighted by Gasteiger charge is 2.52. The van der Waals surface area contributed by atoms with Gasteiger partial charge in [-0.05, 0) is 115 Å². The third kappa shape index (κ3) is 5.98. The second-order valence-electron chi connectivity index (χ2n) is 19.1. The summed E-state index contributed by atoms with van der Waals surface area (Å²) in [6, 6.07) is 94.7. The van der Waals surface area contributed by atoms with Gasteiger partial charge >= 0.3 is 0 Å². The molecule has 0 N–H and O–H groups in total. The molecule has 0 radical (unpaired) electrons. The smallest absolute Gasteiger partial charge is 0.140 e. The monoisotopic (exact) mass is 917 g/mol. The number of ether oxygens (including phenoxy) is 1. The fourth-order valence-corrected chi connectivity index (χ4v) is 12.1. The Balaban J connectivity index is 0.873. The van der Waals surface area contributed by atoms with Gasteiger partial charge in [-0.2, -0.15) is 0 Å². The lowest BCUT2D eigenvalue weighted by molar-refractivity contribution is 0.447. The van der Waals surface area contributed by atoms with E-state index >= 15 is 0 Å². The van der Waals surface area contributed by atoms with E-state index in [-0.39, 0.29) is 0 Å². The van der Waals surface area contributed by atoms with Gasteiger partial charge < -0.3 is 14.1 Å². The molecule has 0 fully saturated rings. The first-order chi connectivity index (χ1) is 35.7. The SMILES string of the molecule is c1ccc(-c2ccccc2N(c2ccc(-c3ccc4c(c3)C3(c5ccccc5-4)c4ccc5ccccc5c4Oc4c3ccc3ccccc43)cc2)c2ccc(-c3ccc4c(c3)oc3ccccc34)cc2)cc1. The van der Waals surface area contributed by atoms with Crippen molar-refractivity contribution in [2.24, 2.45) is 0 Å². The van der Waals surface area contributed by atoms with E-state index < -0.39 is 5.41 Å². The minimum Gasteiger partial charge on any atom is -0.456 e. The van der Waals surface area contributed by atoms with E-state index in [2.05, 4.69) is 254 Å². The summed E-state index contributed by atoms with van der Waals surface area (Å²) in [6.07, 6.45) is 0. The molecule has 0 bridgehead atoms. The Morgan fingerprint density at radius 3 is 1.50 bits per heavy atom. The zero-order valence-electron chi connectivity index (χ0n) is 39.1. The van der Waals surface area contributed by atoms with Crippen LogP contribution in [0.15, 0.2) is 265 Å². The molecule has 13 aromatic rings. The van der Waals surface area contributed by atoms with Crippen molar-refractivity contribution < 1.29 is 9.15 Å². The van der Waals surface area contributed by atoms with Crippen LogP contribution in [0.1, 0.15) is 22.3 Å². The highest BCUT2D eigenvalue weighted by atomic mass is 16.5. The second-order valence-corrected chi connectivity index (χ2v) is 19.1. The molecule has 3 heteroatoms. The number of hydrogen-bond donors (Lipinski definition) is 0. The summed E-state index contributed by atoms with van der Waals surface area (Å²) in [7, 11) is 0. The van der Waals surface area contributed by atoms with E-state index in [1.165, 1.54) is 22.3 Å². The molecule has 0 saturated heterocycles. The molecule has 1 spiro atoms. The average Bonchev–Trinajstić information content (AvgIpc) is 3.97. The molecule has 0 saturated carbocycles. The predicted octanol–water partition coefficient (Wildman–Crippen LogP) is 18.8. The molecule has 15 rings (SSSR count). The molecule has 2 heterocycles. The molecule has 72 heavy (non-hydrogen) atoms. The molecule has 1 aliphatic carbocycles. The van der Waals surface area contributed by atoms with Crippen molar-refractivity contribution in [1.82, 2.24) is 0 Å². The summed E-state index contributed by atoms with van der Waals surface area (Å²) in [5.41, 5.74) is 18.6. The lowest BCUT2D eigenvalue weighted by Gasteiger charge is -2.40.